The topological polar surface area (TPSA) is 104 Å². The Morgan fingerprint density at radius 1 is 1.23 bits per heavy atom. The molecule has 0 radical (unpaired) electrons. The summed E-state index contributed by atoms with van der Waals surface area (Å²) < 4.78 is -0.797. The van der Waals surface area contributed by atoms with E-state index in [0.717, 1.165) is 0 Å². The Labute approximate surface area is 159 Å². The van der Waals surface area contributed by atoms with Gasteiger partial charge in [-0.25, -0.2) is 4.79 Å². The van der Waals surface area contributed by atoms with E-state index < -0.39 is 45.3 Å². The van der Waals surface area contributed by atoms with Crippen molar-refractivity contribution in [2.75, 3.05) is 0 Å². The van der Waals surface area contributed by atoms with E-state index in [1.54, 1.807) is 13.8 Å². The zero-order valence-corrected chi connectivity index (χ0v) is 15.9. The van der Waals surface area contributed by atoms with Gasteiger partial charge in [0, 0.05) is 15.3 Å². The smallest absolute Gasteiger partial charge is 0.327 e. The van der Waals surface area contributed by atoms with E-state index in [2.05, 4.69) is 5.32 Å². The third-order valence-electron chi connectivity index (χ3n) is 4.75. The van der Waals surface area contributed by atoms with Gasteiger partial charge in [0.1, 0.15) is 11.4 Å². The Kier molecular flexibility index (Phi) is 4.31. The summed E-state index contributed by atoms with van der Waals surface area (Å²) in [5.74, 6) is -2.95. The quantitative estimate of drug-likeness (QED) is 0.591. The summed E-state index contributed by atoms with van der Waals surface area (Å²) in [4.78, 5) is 50.6. The molecule has 1 aromatic rings. The van der Waals surface area contributed by atoms with E-state index >= 15 is 0 Å². The largest absolute Gasteiger partial charge is 0.480 e. The molecule has 3 rings (SSSR count). The zero-order chi connectivity index (χ0) is 19.4. The van der Waals surface area contributed by atoms with Crippen LogP contribution in [0.4, 0.5) is 0 Å². The molecule has 138 valence electrons. The molecule has 26 heavy (non-hydrogen) atoms. The van der Waals surface area contributed by atoms with Crippen LogP contribution in [0, 0.1) is 0 Å². The SMILES string of the molecule is CC(=O)C1(NC(=O)c2ccc(Cl)cc2)C(=O)N2[C@@H](C(=O)O)C(C)(C)S[C@@H]21. The number of Topliss-reactive ketones (excluding diaryl/α,β-unsaturated/α-hetero) is 1. The number of hydrogen-bond donors (Lipinski definition) is 2. The maximum absolute atomic E-state index is 12.8. The van der Waals surface area contributed by atoms with Gasteiger partial charge in [-0.1, -0.05) is 11.6 Å². The maximum atomic E-state index is 12.8. The van der Waals surface area contributed by atoms with Crippen LogP contribution in [0.5, 0.6) is 0 Å². The number of β-lactam (4-membered cyclic amide) rings is 1. The number of benzene rings is 1. The first kappa shape index (κ1) is 18.7. The number of carbonyl (C=O) groups excluding carboxylic acids is 3. The number of nitrogens with one attached hydrogen (secondary N) is 1. The lowest BCUT2D eigenvalue weighted by molar-refractivity contribution is -0.170. The third-order valence-corrected chi connectivity index (χ3v) is 6.64. The minimum Gasteiger partial charge on any atom is -0.480 e. The number of thioether (sulfide) groups is 1. The van der Waals surface area contributed by atoms with Crippen LogP contribution in [0.2, 0.25) is 5.02 Å². The van der Waals surface area contributed by atoms with Crippen molar-refractivity contribution in [3.8, 4) is 0 Å². The molecule has 2 fully saturated rings. The number of carboxylic acid groups (broad SMARTS) is 1. The number of ketones is 1. The molecular formula is C17H17ClN2O5S. The fourth-order valence-corrected chi connectivity index (χ4v) is 5.32. The van der Waals surface area contributed by atoms with E-state index in [-0.39, 0.29) is 5.56 Å². The second-order valence-corrected chi connectivity index (χ2v) is 9.02. The van der Waals surface area contributed by atoms with Crippen LogP contribution in [0.15, 0.2) is 24.3 Å². The second kappa shape index (κ2) is 5.99. The lowest BCUT2D eigenvalue weighted by Gasteiger charge is -2.51. The van der Waals surface area contributed by atoms with Crippen molar-refractivity contribution in [1.82, 2.24) is 10.2 Å². The standard InChI is InChI=1S/C17H17ClN2O5S/c1-8(21)17(19-12(22)9-4-6-10(18)7-5-9)14(25)20-11(13(23)24)16(2,3)26-15(17)20/h4-7,11,15H,1-3H3,(H,19,22)(H,23,24)/t11-,15+,17?/m0/s1. The maximum Gasteiger partial charge on any atom is 0.327 e. The third kappa shape index (κ3) is 2.51. The fraction of sp³-hybridized carbons (Fsp3) is 0.412. The van der Waals surface area contributed by atoms with E-state index in [1.807, 2.05) is 0 Å². The number of aliphatic carboxylic acids is 1. The van der Waals surface area contributed by atoms with Gasteiger partial charge in [0.2, 0.25) is 5.54 Å². The molecule has 0 spiro atoms. The molecule has 2 heterocycles. The molecule has 2 amide bonds. The van der Waals surface area contributed by atoms with Crippen molar-refractivity contribution in [3.63, 3.8) is 0 Å². The van der Waals surface area contributed by atoms with Crippen LogP contribution in [0.3, 0.4) is 0 Å². The summed E-state index contributed by atoms with van der Waals surface area (Å²) in [5, 5.41) is 11.7. The number of nitrogens with zero attached hydrogens (tertiary/aromatic N) is 1. The number of amides is 2. The molecule has 0 saturated carbocycles. The average Bonchev–Trinajstić information content (AvgIpc) is 2.81. The van der Waals surface area contributed by atoms with Gasteiger partial charge in [0.25, 0.3) is 11.8 Å². The van der Waals surface area contributed by atoms with Crippen LogP contribution in [0.1, 0.15) is 31.1 Å². The predicted molar refractivity (Wildman–Crippen MR) is 96.1 cm³/mol. The van der Waals surface area contributed by atoms with Crippen molar-refractivity contribution < 1.29 is 24.3 Å². The van der Waals surface area contributed by atoms with Gasteiger partial charge in [-0.2, -0.15) is 0 Å². The highest BCUT2D eigenvalue weighted by atomic mass is 35.5. The van der Waals surface area contributed by atoms with Gasteiger partial charge >= 0.3 is 5.97 Å². The molecule has 9 heteroatoms. The summed E-state index contributed by atoms with van der Waals surface area (Å²) in [6.45, 7) is 4.63. The van der Waals surface area contributed by atoms with Gasteiger partial charge in [-0.05, 0) is 45.0 Å². The molecule has 7 nitrogen and oxygen atoms in total. The van der Waals surface area contributed by atoms with Gasteiger partial charge in [0.05, 0.1) is 0 Å². The minimum absolute atomic E-state index is 0.248. The van der Waals surface area contributed by atoms with Gasteiger partial charge < -0.3 is 15.3 Å². The van der Waals surface area contributed by atoms with Crippen molar-refractivity contribution in [1.29, 1.82) is 0 Å². The van der Waals surface area contributed by atoms with E-state index in [9.17, 15) is 24.3 Å². The Hall–Kier alpha value is -2.06. The van der Waals surface area contributed by atoms with Gasteiger partial charge in [0.15, 0.2) is 5.78 Å². The Morgan fingerprint density at radius 3 is 2.31 bits per heavy atom. The molecule has 3 atom stereocenters. The molecule has 0 aliphatic carbocycles. The van der Waals surface area contributed by atoms with E-state index in [0.29, 0.717) is 5.02 Å². The number of halogens is 1. The minimum atomic E-state index is -1.76. The lowest BCUT2D eigenvalue weighted by Crippen LogP contribution is -2.82. The summed E-state index contributed by atoms with van der Waals surface area (Å²) in [5.41, 5.74) is -1.51. The molecule has 1 unspecified atom stereocenters. The number of hydrogen-bond acceptors (Lipinski definition) is 5. The molecule has 0 aromatic heterocycles. The van der Waals surface area contributed by atoms with Crippen LogP contribution < -0.4 is 5.32 Å². The lowest BCUT2D eigenvalue weighted by atomic mass is 9.81. The average molecular weight is 397 g/mol. The Morgan fingerprint density at radius 2 is 1.81 bits per heavy atom. The first-order chi connectivity index (χ1) is 12.0. The van der Waals surface area contributed by atoms with E-state index in [4.69, 9.17) is 11.6 Å². The highest BCUT2D eigenvalue weighted by Crippen LogP contribution is 2.55. The van der Waals surface area contributed by atoms with Crippen molar-refractivity contribution in [3.05, 3.63) is 34.9 Å². The highest BCUT2D eigenvalue weighted by molar-refractivity contribution is 8.01. The van der Waals surface area contributed by atoms with Crippen molar-refractivity contribution in [2.24, 2.45) is 0 Å². The fourth-order valence-electron chi connectivity index (χ4n) is 3.44. The van der Waals surface area contributed by atoms with Crippen LogP contribution in [-0.4, -0.2) is 55.3 Å². The molecule has 2 N–H and O–H groups in total. The van der Waals surface area contributed by atoms with Crippen molar-refractivity contribution >= 4 is 46.9 Å². The summed E-state index contributed by atoms with van der Waals surface area (Å²) in [7, 11) is 0. The first-order valence-corrected chi connectivity index (χ1v) is 9.10. The van der Waals surface area contributed by atoms with Gasteiger partial charge in [-0.3, -0.25) is 14.4 Å². The molecule has 2 aliphatic heterocycles. The number of carbonyl (C=O) groups is 4. The first-order valence-electron chi connectivity index (χ1n) is 7.85. The van der Waals surface area contributed by atoms with Crippen LogP contribution in [-0.2, 0) is 14.4 Å². The normalized spacial score (nSPS) is 28.9. The van der Waals surface area contributed by atoms with Crippen molar-refractivity contribution in [2.45, 2.75) is 42.5 Å². The number of carboxylic acids is 1. The van der Waals surface area contributed by atoms with Crippen LogP contribution >= 0.6 is 23.4 Å². The Bertz CT molecular complexity index is 825. The summed E-state index contributed by atoms with van der Waals surface area (Å²) >= 11 is 7.01. The monoisotopic (exact) mass is 396 g/mol. The molecule has 2 saturated heterocycles. The van der Waals surface area contributed by atoms with Gasteiger partial charge in [-0.15, -0.1) is 11.8 Å². The second-order valence-electron chi connectivity index (χ2n) is 6.85. The molecule has 1 aromatic carbocycles. The molecule has 0 bridgehead atoms. The van der Waals surface area contributed by atoms with Crippen LogP contribution in [0.25, 0.3) is 0 Å². The molecule has 2 aliphatic rings. The van der Waals surface area contributed by atoms with E-state index in [1.165, 1.54) is 47.9 Å². The highest BCUT2D eigenvalue weighted by Gasteiger charge is 2.74. The predicted octanol–water partition coefficient (Wildman–Crippen LogP) is 1.54. The summed E-state index contributed by atoms with van der Waals surface area (Å²) in [6.07, 6.45) is 0. The zero-order valence-electron chi connectivity index (χ0n) is 14.3. The molecular weight excluding hydrogens is 380 g/mol. The number of rotatable bonds is 4. The summed E-state index contributed by atoms with van der Waals surface area (Å²) in [6, 6.07) is 4.96. The number of fused-ring (bicyclic) bond motifs is 1. The Balaban J connectivity index is 1.94.